The summed E-state index contributed by atoms with van der Waals surface area (Å²) in [5, 5.41) is 39.7. The monoisotopic (exact) mass is 424 g/mol. The van der Waals surface area contributed by atoms with Crippen LogP contribution in [0, 0.1) is 0 Å². The number of aromatic hydroxyl groups is 3. The van der Waals surface area contributed by atoms with Crippen LogP contribution in [0.1, 0.15) is 0 Å². The van der Waals surface area contributed by atoms with Crippen molar-refractivity contribution in [3.63, 3.8) is 0 Å². The van der Waals surface area contributed by atoms with Gasteiger partial charge in [-0.05, 0) is 47.5 Å². The van der Waals surface area contributed by atoms with Crippen LogP contribution in [-0.2, 0) is 0 Å². The van der Waals surface area contributed by atoms with Crippen molar-refractivity contribution in [2.45, 2.75) is 0 Å². The Morgan fingerprint density at radius 3 is 2.13 bits per heavy atom. The number of rotatable bonds is 8. The Morgan fingerprint density at radius 1 is 0.806 bits per heavy atom. The molecule has 162 valence electrons. The Labute approximate surface area is 180 Å². The van der Waals surface area contributed by atoms with Crippen LogP contribution < -0.4 is 14.2 Å². The largest absolute Gasteiger partial charge is 0.508 e. The molecule has 0 aliphatic rings. The first-order chi connectivity index (χ1) is 15.0. The molecule has 7 nitrogen and oxygen atoms in total. The summed E-state index contributed by atoms with van der Waals surface area (Å²) >= 11 is 0. The van der Waals surface area contributed by atoms with E-state index in [0.717, 1.165) is 5.56 Å². The van der Waals surface area contributed by atoms with Crippen molar-refractivity contribution in [1.29, 1.82) is 0 Å². The van der Waals surface area contributed by atoms with Crippen molar-refractivity contribution < 1.29 is 34.6 Å². The van der Waals surface area contributed by atoms with Gasteiger partial charge in [0.2, 0.25) is 0 Å². The van der Waals surface area contributed by atoms with Crippen molar-refractivity contribution in [3.05, 3.63) is 60.7 Å². The first kappa shape index (κ1) is 21.9. The highest BCUT2D eigenvalue weighted by molar-refractivity contribution is 5.88. The van der Waals surface area contributed by atoms with Gasteiger partial charge < -0.3 is 34.6 Å². The van der Waals surface area contributed by atoms with Gasteiger partial charge in [-0.1, -0.05) is 24.3 Å². The lowest BCUT2D eigenvalue weighted by atomic mass is 9.96. The Morgan fingerprint density at radius 2 is 1.52 bits per heavy atom. The third-order valence-corrected chi connectivity index (χ3v) is 4.68. The summed E-state index contributed by atoms with van der Waals surface area (Å²) in [6.07, 6.45) is 3.17. The lowest BCUT2D eigenvalue weighted by molar-refractivity contribution is 0.327. The van der Waals surface area contributed by atoms with Gasteiger partial charge in [-0.3, -0.25) is 0 Å². The molecule has 31 heavy (non-hydrogen) atoms. The van der Waals surface area contributed by atoms with Gasteiger partial charge in [0.15, 0.2) is 23.0 Å². The highest BCUT2D eigenvalue weighted by Gasteiger charge is 2.22. The molecule has 0 bridgehead atoms. The zero-order valence-electron chi connectivity index (χ0n) is 17.2. The maximum atomic E-state index is 11.0. The summed E-state index contributed by atoms with van der Waals surface area (Å²) in [5.74, 6) is 0.732. The summed E-state index contributed by atoms with van der Waals surface area (Å²) in [6.45, 7) is 0.104. The minimum absolute atomic E-state index is 0.0880. The minimum Gasteiger partial charge on any atom is -0.508 e. The number of benzene rings is 3. The number of hydrogen-bond acceptors (Lipinski definition) is 7. The Bertz CT molecular complexity index is 1070. The molecule has 0 atom stereocenters. The van der Waals surface area contributed by atoms with Crippen LogP contribution in [0.15, 0.2) is 60.7 Å². The number of methoxy groups -OCH3 is 2. The summed E-state index contributed by atoms with van der Waals surface area (Å²) in [6, 6.07) is 12.9. The fourth-order valence-electron chi connectivity index (χ4n) is 3.20. The van der Waals surface area contributed by atoms with Crippen LogP contribution >= 0.6 is 0 Å². The topological polar surface area (TPSA) is 109 Å². The first-order valence-electron chi connectivity index (χ1n) is 9.49. The van der Waals surface area contributed by atoms with Crippen LogP contribution in [0.5, 0.6) is 34.5 Å². The van der Waals surface area contributed by atoms with Crippen molar-refractivity contribution in [3.8, 4) is 56.8 Å². The molecule has 0 fully saturated rings. The zero-order chi connectivity index (χ0) is 22.4. The number of aliphatic hydroxyl groups is 1. The molecule has 0 aliphatic carbocycles. The van der Waals surface area contributed by atoms with Gasteiger partial charge in [-0.25, -0.2) is 0 Å². The SMILES string of the molecule is COc1cc(-c2ccc(O)cc2)c(OC)c(O)c1-c1ccc(OC/C=C/CO)c(O)c1. The first-order valence-corrected chi connectivity index (χ1v) is 9.49. The van der Waals surface area contributed by atoms with E-state index in [1.807, 2.05) is 0 Å². The number of phenols is 3. The molecule has 0 aromatic heterocycles. The molecule has 0 saturated carbocycles. The number of hydrogen-bond donors (Lipinski definition) is 4. The number of ether oxygens (including phenoxy) is 3. The Hall–Kier alpha value is -3.84. The molecule has 0 aliphatic heterocycles. The molecule has 3 aromatic carbocycles. The number of aliphatic hydroxyl groups excluding tert-OH is 1. The molecule has 0 radical (unpaired) electrons. The van der Waals surface area contributed by atoms with Crippen molar-refractivity contribution in [2.24, 2.45) is 0 Å². The van der Waals surface area contributed by atoms with Gasteiger partial charge in [0, 0.05) is 5.56 Å². The fraction of sp³-hybridized carbons (Fsp3) is 0.167. The summed E-state index contributed by atoms with van der Waals surface area (Å²) in [7, 11) is 2.93. The van der Waals surface area contributed by atoms with E-state index in [9.17, 15) is 15.3 Å². The van der Waals surface area contributed by atoms with E-state index in [4.69, 9.17) is 19.3 Å². The van der Waals surface area contributed by atoms with Crippen LogP contribution in [0.25, 0.3) is 22.3 Å². The van der Waals surface area contributed by atoms with Crippen molar-refractivity contribution in [1.82, 2.24) is 0 Å². The molecule has 0 spiro atoms. The summed E-state index contributed by atoms with van der Waals surface area (Å²) in [4.78, 5) is 0. The van der Waals surface area contributed by atoms with E-state index < -0.39 is 0 Å². The minimum atomic E-state index is -0.149. The maximum Gasteiger partial charge on any atom is 0.170 e. The fourth-order valence-corrected chi connectivity index (χ4v) is 3.20. The average molecular weight is 424 g/mol. The van der Waals surface area contributed by atoms with Gasteiger partial charge in [-0.2, -0.15) is 0 Å². The Balaban J connectivity index is 2.06. The van der Waals surface area contributed by atoms with E-state index in [-0.39, 0.29) is 42.0 Å². The number of phenolic OH excluding ortho intramolecular Hbond substituents is 3. The molecular weight excluding hydrogens is 400 g/mol. The van der Waals surface area contributed by atoms with Crippen LogP contribution in [0.3, 0.4) is 0 Å². The van der Waals surface area contributed by atoms with E-state index >= 15 is 0 Å². The second-order valence-electron chi connectivity index (χ2n) is 6.58. The summed E-state index contributed by atoms with van der Waals surface area (Å²) in [5.41, 5.74) is 2.15. The van der Waals surface area contributed by atoms with E-state index in [1.165, 1.54) is 26.4 Å². The highest BCUT2D eigenvalue weighted by atomic mass is 16.5. The van der Waals surface area contributed by atoms with Crippen LogP contribution in [0.4, 0.5) is 0 Å². The van der Waals surface area contributed by atoms with Crippen molar-refractivity contribution in [2.75, 3.05) is 27.4 Å². The molecule has 0 amide bonds. The normalized spacial score (nSPS) is 10.9. The smallest absolute Gasteiger partial charge is 0.170 e. The molecule has 0 heterocycles. The van der Waals surface area contributed by atoms with Gasteiger partial charge in [-0.15, -0.1) is 0 Å². The van der Waals surface area contributed by atoms with Crippen LogP contribution in [-0.4, -0.2) is 47.9 Å². The summed E-state index contributed by atoms with van der Waals surface area (Å²) < 4.78 is 16.4. The van der Waals surface area contributed by atoms with Crippen molar-refractivity contribution >= 4 is 0 Å². The lowest BCUT2D eigenvalue weighted by Gasteiger charge is -2.18. The quantitative estimate of drug-likeness (QED) is 0.404. The van der Waals surface area contributed by atoms with Gasteiger partial charge in [0.25, 0.3) is 0 Å². The third-order valence-electron chi connectivity index (χ3n) is 4.68. The molecule has 0 unspecified atom stereocenters. The predicted octanol–water partition coefficient (Wildman–Crippen LogP) is 4.08. The molecule has 7 heteroatoms. The van der Waals surface area contributed by atoms with E-state index in [2.05, 4.69) is 0 Å². The van der Waals surface area contributed by atoms with Gasteiger partial charge >= 0.3 is 0 Å². The Kier molecular flexibility index (Phi) is 6.89. The lowest BCUT2D eigenvalue weighted by Crippen LogP contribution is -1.97. The second-order valence-corrected chi connectivity index (χ2v) is 6.58. The molecular formula is C24H24O7. The molecule has 3 rings (SSSR count). The third kappa shape index (κ3) is 4.67. The molecule has 4 N–H and O–H groups in total. The van der Waals surface area contributed by atoms with Gasteiger partial charge in [0.1, 0.15) is 18.1 Å². The molecule has 3 aromatic rings. The van der Waals surface area contributed by atoms with Gasteiger partial charge in [0.05, 0.1) is 26.4 Å². The van der Waals surface area contributed by atoms with E-state index in [1.54, 1.807) is 48.5 Å². The highest BCUT2D eigenvalue weighted by Crippen LogP contribution is 2.50. The zero-order valence-corrected chi connectivity index (χ0v) is 17.2. The standard InChI is InChI=1S/C24H24O7/c1-29-21-14-18(15-5-8-17(26)9-6-15)24(30-2)23(28)22(21)16-7-10-20(19(27)13-16)31-12-4-3-11-25/h3-10,13-14,25-28H,11-12H2,1-2H3/b4-3+. The maximum absolute atomic E-state index is 11.0. The average Bonchev–Trinajstić information content (AvgIpc) is 2.77. The van der Waals surface area contributed by atoms with Crippen LogP contribution in [0.2, 0.25) is 0 Å². The predicted molar refractivity (Wildman–Crippen MR) is 117 cm³/mol. The van der Waals surface area contributed by atoms with E-state index in [0.29, 0.717) is 22.4 Å². The molecule has 0 saturated heterocycles. The second kappa shape index (κ2) is 9.77.